The van der Waals surface area contributed by atoms with E-state index in [0.717, 1.165) is 31.4 Å². The first kappa shape index (κ1) is 14.4. The van der Waals surface area contributed by atoms with Gasteiger partial charge in [0.2, 0.25) is 0 Å². The average Bonchev–Trinajstić information content (AvgIpc) is 3.27. The van der Waals surface area contributed by atoms with E-state index in [2.05, 4.69) is 15.2 Å². The van der Waals surface area contributed by atoms with Crippen molar-refractivity contribution in [2.45, 2.75) is 31.2 Å². The highest BCUT2D eigenvalue weighted by Gasteiger charge is 2.36. The summed E-state index contributed by atoms with van der Waals surface area (Å²) in [7, 11) is 0. The maximum absolute atomic E-state index is 6.36. The van der Waals surface area contributed by atoms with Crippen LogP contribution < -0.4 is 5.73 Å². The fourth-order valence-electron chi connectivity index (χ4n) is 2.96. The van der Waals surface area contributed by atoms with Gasteiger partial charge in [0.25, 0.3) is 5.89 Å². The van der Waals surface area contributed by atoms with Crippen LogP contribution in [0, 0.1) is 0 Å². The quantitative estimate of drug-likeness (QED) is 0.797. The van der Waals surface area contributed by atoms with Crippen LogP contribution in [-0.2, 0) is 5.54 Å². The first-order chi connectivity index (χ1) is 11.1. The van der Waals surface area contributed by atoms with E-state index in [0.29, 0.717) is 22.4 Å². The summed E-state index contributed by atoms with van der Waals surface area (Å²) in [6.45, 7) is 0. The van der Waals surface area contributed by atoms with E-state index >= 15 is 0 Å². The van der Waals surface area contributed by atoms with E-state index in [-0.39, 0.29) is 0 Å². The van der Waals surface area contributed by atoms with Gasteiger partial charge in [-0.3, -0.25) is 0 Å². The van der Waals surface area contributed by atoms with Crippen molar-refractivity contribution in [1.29, 1.82) is 0 Å². The van der Waals surface area contributed by atoms with E-state index in [1.165, 1.54) is 0 Å². The summed E-state index contributed by atoms with van der Waals surface area (Å²) in [5, 5.41) is 9.19. The van der Waals surface area contributed by atoms with Gasteiger partial charge in [-0.25, -0.2) is 4.68 Å². The highest BCUT2D eigenvalue weighted by Crippen LogP contribution is 2.35. The lowest BCUT2D eigenvalue weighted by Crippen LogP contribution is -2.34. The molecule has 1 fully saturated rings. The van der Waals surface area contributed by atoms with Gasteiger partial charge in [0.05, 0.1) is 11.2 Å². The van der Waals surface area contributed by atoms with Crippen LogP contribution in [0.3, 0.4) is 0 Å². The summed E-state index contributed by atoms with van der Waals surface area (Å²) in [6, 6.07) is 9.29. The highest BCUT2D eigenvalue weighted by atomic mass is 35.5. The van der Waals surface area contributed by atoms with E-state index in [1.54, 1.807) is 4.68 Å². The third kappa shape index (κ3) is 2.64. The number of rotatable bonds is 3. The molecule has 1 aliphatic rings. The minimum atomic E-state index is -0.461. The van der Waals surface area contributed by atoms with Crippen LogP contribution in [0.15, 0.2) is 41.1 Å². The number of nitrogens with two attached hydrogens (primary N) is 1. The molecule has 1 aromatic carbocycles. The van der Waals surface area contributed by atoms with Crippen molar-refractivity contribution in [1.82, 2.24) is 19.9 Å². The van der Waals surface area contributed by atoms with Crippen LogP contribution in [0.5, 0.6) is 0 Å². The number of hydrogen-bond acceptors (Lipinski definition) is 5. The Morgan fingerprint density at radius 3 is 2.83 bits per heavy atom. The molecule has 1 aliphatic carbocycles. The Hall–Kier alpha value is -2.18. The summed E-state index contributed by atoms with van der Waals surface area (Å²) >= 11 is 6.01. The van der Waals surface area contributed by atoms with Gasteiger partial charge in [-0.1, -0.05) is 35.7 Å². The fraction of sp³-hybridized carbons (Fsp3) is 0.312. The maximum Gasteiger partial charge on any atom is 0.278 e. The molecule has 2 aromatic heterocycles. The normalized spacial score (nSPS) is 16.8. The number of nitrogens with zero attached hydrogens (tertiary/aromatic N) is 4. The first-order valence-electron chi connectivity index (χ1n) is 7.59. The Morgan fingerprint density at radius 2 is 2.04 bits per heavy atom. The molecule has 0 saturated heterocycles. The van der Waals surface area contributed by atoms with Gasteiger partial charge in [0.1, 0.15) is 0 Å². The summed E-state index contributed by atoms with van der Waals surface area (Å²) in [6.07, 6.45) is 5.82. The van der Waals surface area contributed by atoms with E-state index < -0.39 is 5.54 Å². The van der Waals surface area contributed by atoms with Crippen molar-refractivity contribution in [2.24, 2.45) is 5.73 Å². The highest BCUT2D eigenvalue weighted by molar-refractivity contribution is 6.30. The fourth-order valence-corrected chi connectivity index (χ4v) is 3.14. The minimum absolute atomic E-state index is 0.387. The van der Waals surface area contributed by atoms with Crippen molar-refractivity contribution >= 4 is 11.6 Å². The van der Waals surface area contributed by atoms with Crippen LogP contribution in [0.25, 0.3) is 17.3 Å². The third-order valence-electron chi connectivity index (χ3n) is 4.25. The second-order valence-corrected chi connectivity index (χ2v) is 6.35. The Labute approximate surface area is 138 Å². The summed E-state index contributed by atoms with van der Waals surface area (Å²) < 4.78 is 7.08. The summed E-state index contributed by atoms with van der Waals surface area (Å²) in [5.41, 5.74) is 7.38. The SMILES string of the molecule is NC1(c2noc(-c3ccn(-c4cccc(Cl)c4)n3)n2)CCCC1. The van der Waals surface area contributed by atoms with Crippen molar-refractivity contribution in [3.8, 4) is 17.3 Å². The number of halogens is 1. The molecule has 3 aromatic rings. The molecule has 2 heterocycles. The molecule has 0 bridgehead atoms. The van der Waals surface area contributed by atoms with Gasteiger partial charge in [0.15, 0.2) is 11.5 Å². The number of aromatic nitrogens is 4. The van der Waals surface area contributed by atoms with Crippen molar-refractivity contribution < 1.29 is 4.52 Å². The standard InChI is InChI=1S/C16H16ClN5O/c17-11-4-3-5-12(10-11)22-9-6-13(20-22)14-19-15(21-23-14)16(18)7-1-2-8-16/h3-6,9-10H,1-2,7-8,18H2. The lowest BCUT2D eigenvalue weighted by molar-refractivity contribution is 0.372. The second-order valence-electron chi connectivity index (χ2n) is 5.91. The van der Waals surface area contributed by atoms with E-state index in [9.17, 15) is 0 Å². The molecule has 0 radical (unpaired) electrons. The molecule has 2 N–H and O–H groups in total. The molecule has 0 atom stereocenters. The lowest BCUT2D eigenvalue weighted by atomic mass is 9.99. The van der Waals surface area contributed by atoms with Crippen LogP contribution in [0.2, 0.25) is 5.02 Å². The molecule has 4 rings (SSSR count). The zero-order chi connectivity index (χ0) is 15.9. The zero-order valence-electron chi connectivity index (χ0n) is 12.4. The summed E-state index contributed by atoms with van der Waals surface area (Å²) in [5.74, 6) is 0.958. The molecule has 118 valence electrons. The predicted octanol–water partition coefficient (Wildman–Crippen LogP) is 3.30. The molecule has 6 nitrogen and oxygen atoms in total. The van der Waals surface area contributed by atoms with Crippen molar-refractivity contribution in [2.75, 3.05) is 0 Å². The molecule has 0 aliphatic heterocycles. The van der Waals surface area contributed by atoms with Crippen LogP contribution in [0.4, 0.5) is 0 Å². The molecular weight excluding hydrogens is 314 g/mol. The van der Waals surface area contributed by atoms with Crippen LogP contribution >= 0.6 is 11.6 Å². The summed E-state index contributed by atoms with van der Waals surface area (Å²) in [4.78, 5) is 4.45. The van der Waals surface area contributed by atoms with E-state index in [4.69, 9.17) is 21.9 Å². The Balaban J connectivity index is 1.63. The Morgan fingerprint density at radius 1 is 1.22 bits per heavy atom. The molecule has 0 unspecified atom stereocenters. The third-order valence-corrected chi connectivity index (χ3v) is 4.48. The van der Waals surface area contributed by atoms with Crippen molar-refractivity contribution in [3.63, 3.8) is 0 Å². The number of benzene rings is 1. The van der Waals surface area contributed by atoms with Gasteiger partial charge >= 0.3 is 0 Å². The average molecular weight is 330 g/mol. The first-order valence-corrected chi connectivity index (χ1v) is 7.97. The van der Waals surface area contributed by atoms with Gasteiger partial charge < -0.3 is 10.3 Å². The largest absolute Gasteiger partial charge is 0.332 e. The molecule has 7 heteroatoms. The topological polar surface area (TPSA) is 82.8 Å². The lowest BCUT2D eigenvalue weighted by Gasteiger charge is -2.17. The Kier molecular flexibility index (Phi) is 3.43. The van der Waals surface area contributed by atoms with Gasteiger partial charge in [0, 0.05) is 11.2 Å². The van der Waals surface area contributed by atoms with Crippen LogP contribution in [0.1, 0.15) is 31.5 Å². The molecule has 0 spiro atoms. The molecule has 0 amide bonds. The molecule has 1 saturated carbocycles. The molecular formula is C16H16ClN5O. The second kappa shape index (κ2) is 5.47. The monoisotopic (exact) mass is 329 g/mol. The van der Waals surface area contributed by atoms with Crippen molar-refractivity contribution in [3.05, 3.63) is 47.4 Å². The number of hydrogen-bond donors (Lipinski definition) is 1. The maximum atomic E-state index is 6.36. The van der Waals surface area contributed by atoms with Gasteiger partial charge in [-0.2, -0.15) is 10.1 Å². The van der Waals surface area contributed by atoms with Gasteiger partial charge in [-0.15, -0.1) is 0 Å². The minimum Gasteiger partial charge on any atom is -0.332 e. The van der Waals surface area contributed by atoms with E-state index in [1.807, 2.05) is 36.5 Å². The smallest absolute Gasteiger partial charge is 0.278 e. The zero-order valence-corrected chi connectivity index (χ0v) is 13.2. The van der Waals surface area contributed by atoms with Gasteiger partial charge in [-0.05, 0) is 37.1 Å². The predicted molar refractivity (Wildman–Crippen MR) is 86.2 cm³/mol. The Bertz CT molecular complexity index is 834. The van der Waals surface area contributed by atoms with Crippen LogP contribution in [-0.4, -0.2) is 19.9 Å². The molecule has 23 heavy (non-hydrogen) atoms.